The molecule has 1 aliphatic carbocycles. The monoisotopic (exact) mass is 298 g/mol. The van der Waals surface area contributed by atoms with Gasteiger partial charge in [-0.3, -0.25) is 14.5 Å². The van der Waals surface area contributed by atoms with Crippen LogP contribution in [0.4, 0.5) is 0 Å². The first-order chi connectivity index (χ1) is 9.84. The highest BCUT2D eigenvalue weighted by atomic mass is 16.4. The average Bonchev–Trinajstić information content (AvgIpc) is 2.46. The average molecular weight is 298 g/mol. The third kappa shape index (κ3) is 4.43. The summed E-state index contributed by atoms with van der Waals surface area (Å²) in [5, 5.41) is 9.33. The molecule has 5 heteroatoms. The summed E-state index contributed by atoms with van der Waals surface area (Å²) in [6.45, 7) is 8.65. The number of rotatable bonds is 7. The van der Waals surface area contributed by atoms with Crippen molar-refractivity contribution in [2.24, 2.45) is 0 Å². The van der Waals surface area contributed by atoms with E-state index in [-0.39, 0.29) is 12.5 Å². The minimum Gasteiger partial charge on any atom is -0.480 e. The molecule has 0 bridgehead atoms. The molecule has 0 heterocycles. The van der Waals surface area contributed by atoms with E-state index in [9.17, 15) is 14.7 Å². The van der Waals surface area contributed by atoms with Crippen molar-refractivity contribution in [3.05, 3.63) is 0 Å². The van der Waals surface area contributed by atoms with E-state index >= 15 is 0 Å². The smallest absolute Gasteiger partial charge is 0.323 e. The standard InChI is InChI=1S/C16H30N2O3/c1-5-17(16(3,4)15(20)21)12-14(19)18(6-2)13-10-8-7-9-11-13/h13H,5-12H2,1-4H3,(H,20,21). The first kappa shape index (κ1) is 18.0. The highest BCUT2D eigenvalue weighted by Crippen LogP contribution is 2.23. The number of hydrogen-bond donors (Lipinski definition) is 1. The van der Waals surface area contributed by atoms with E-state index in [2.05, 4.69) is 0 Å². The van der Waals surface area contributed by atoms with Crippen LogP contribution in [0.25, 0.3) is 0 Å². The zero-order valence-electron chi connectivity index (χ0n) is 13.9. The second-order valence-electron chi connectivity index (χ2n) is 6.35. The van der Waals surface area contributed by atoms with Crippen molar-refractivity contribution in [1.29, 1.82) is 0 Å². The molecule has 1 fully saturated rings. The van der Waals surface area contributed by atoms with Gasteiger partial charge in [0.1, 0.15) is 5.54 Å². The Kier molecular flexibility index (Phi) is 6.65. The van der Waals surface area contributed by atoms with Gasteiger partial charge in [-0.1, -0.05) is 26.2 Å². The fraction of sp³-hybridized carbons (Fsp3) is 0.875. The summed E-state index contributed by atoms with van der Waals surface area (Å²) in [5.41, 5.74) is -1.02. The molecule has 0 aliphatic heterocycles. The van der Waals surface area contributed by atoms with Gasteiger partial charge in [-0.25, -0.2) is 0 Å². The van der Waals surface area contributed by atoms with Crippen LogP contribution in [0.3, 0.4) is 0 Å². The number of carbonyl (C=O) groups is 2. The molecule has 0 spiro atoms. The van der Waals surface area contributed by atoms with Gasteiger partial charge in [-0.2, -0.15) is 0 Å². The fourth-order valence-corrected chi connectivity index (χ4v) is 3.12. The molecule has 1 saturated carbocycles. The Balaban J connectivity index is 2.73. The summed E-state index contributed by atoms with van der Waals surface area (Å²) in [6, 6.07) is 0.336. The molecule has 1 amide bonds. The molecule has 0 aromatic carbocycles. The zero-order valence-corrected chi connectivity index (χ0v) is 13.9. The Hall–Kier alpha value is -1.10. The molecule has 0 aromatic rings. The third-order valence-corrected chi connectivity index (χ3v) is 4.70. The quantitative estimate of drug-likeness (QED) is 0.784. The molecular weight excluding hydrogens is 268 g/mol. The number of likely N-dealkylation sites (N-methyl/N-ethyl adjacent to an activating group) is 2. The predicted molar refractivity (Wildman–Crippen MR) is 83.2 cm³/mol. The van der Waals surface area contributed by atoms with Gasteiger partial charge in [0.05, 0.1) is 6.54 Å². The molecule has 21 heavy (non-hydrogen) atoms. The van der Waals surface area contributed by atoms with E-state index < -0.39 is 11.5 Å². The van der Waals surface area contributed by atoms with Crippen LogP contribution in [0.15, 0.2) is 0 Å². The van der Waals surface area contributed by atoms with E-state index in [1.54, 1.807) is 18.7 Å². The zero-order chi connectivity index (χ0) is 16.0. The molecular formula is C16H30N2O3. The lowest BCUT2D eigenvalue weighted by atomic mass is 9.94. The minimum absolute atomic E-state index is 0.0561. The molecule has 122 valence electrons. The number of hydrogen-bond acceptors (Lipinski definition) is 3. The SMILES string of the molecule is CCN(C(=O)CN(CC)C(C)(C)C(=O)O)C1CCCCC1. The van der Waals surface area contributed by atoms with Gasteiger partial charge in [0.15, 0.2) is 0 Å². The van der Waals surface area contributed by atoms with Gasteiger partial charge in [0.25, 0.3) is 0 Å². The number of carboxylic acid groups (broad SMARTS) is 1. The van der Waals surface area contributed by atoms with E-state index in [1.165, 1.54) is 19.3 Å². The lowest BCUT2D eigenvalue weighted by Crippen LogP contribution is -2.55. The normalized spacial score (nSPS) is 17.0. The summed E-state index contributed by atoms with van der Waals surface area (Å²) in [4.78, 5) is 27.7. The third-order valence-electron chi connectivity index (χ3n) is 4.70. The summed E-state index contributed by atoms with van der Waals surface area (Å²) in [5.74, 6) is -0.835. The summed E-state index contributed by atoms with van der Waals surface area (Å²) >= 11 is 0. The van der Waals surface area contributed by atoms with Crippen LogP contribution in [0.2, 0.25) is 0 Å². The van der Waals surface area contributed by atoms with Crippen LogP contribution < -0.4 is 0 Å². The number of carbonyl (C=O) groups excluding carboxylic acids is 1. The van der Waals surface area contributed by atoms with E-state index in [0.717, 1.165) is 12.8 Å². The van der Waals surface area contributed by atoms with Crippen molar-refractivity contribution in [3.63, 3.8) is 0 Å². The van der Waals surface area contributed by atoms with Gasteiger partial charge in [0, 0.05) is 12.6 Å². The van der Waals surface area contributed by atoms with Crippen LogP contribution in [-0.4, -0.2) is 58.0 Å². The first-order valence-corrected chi connectivity index (χ1v) is 8.12. The van der Waals surface area contributed by atoms with Crippen molar-refractivity contribution in [2.45, 2.75) is 71.4 Å². The fourth-order valence-electron chi connectivity index (χ4n) is 3.12. The van der Waals surface area contributed by atoms with E-state index in [0.29, 0.717) is 19.1 Å². The second kappa shape index (κ2) is 7.78. The van der Waals surface area contributed by atoms with Gasteiger partial charge < -0.3 is 10.0 Å². The van der Waals surface area contributed by atoms with Crippen molar-refractivity contribution in [1.82, 2.24) is 9.80 Å². The maximum atomic E-state index is 12.6. The Morgan fingerprint density at radius 2 is 1.67 bits per heavy atom. The van der Waals surface area contributed by atoms with Crippen LogP contribution in [0.1, 0.15) is 59.8 Å². The Morgan fingerprint density at radius 3 is 2.10 bits per heavy atom. The topological polar surface area (TPSA) is 60.9 Å². The van der Waals surface area contributed by atoms with Gasteiger partial charge in [-0.05, 0) is 40.2 Å². The molecule has 0 unspecified atom stereocenters. The maximum Gasteiger partial charge on any atom is 0.323 e. The Labute approximate surface area is 128 Å². The Morgan fingerprint density at radius 1 is 1.10 bits per heavy atom. The minimum atomic E-state index is -1.02. The molecule has 0 atom stereocenters. The highest BCUT2D eigenvalue weighted by molar-refractivity contribution is 5.82. The van der Waals surface area contributed by atoms with Crippen molar-refractivity contribution in [2.75, 3.05) is 19.6 Å². The van der Waals surface area contributed by atoms with Crippen LogP contribution in [-0.2, 0) is 9.59 Å². The van der Waals surface area contributed by atoms with Crippen molar-refractivity contribution >= 4 is 11.9 Å². The van der Waals surface area contributed by atoms with Crippen LogP contribution in [0, 0.1) is 0 Å². The largest absolute Gasteiger partial charge is 0.480 e. The molecule has 5 nitrogen and oxygen atoms in total. The number of aliphatic carboxylic acids is 1. The molecule has 0 aromatic heterocycles. The van der Waals surface area contributed by atoms with Crippen LogP contribution in [0.5, 0.6) is 0 Å². The lowest BCUT2D eigenvalue weighted by molar-refractivity contribution is -0.151. The number of nitrogens with zero attached hydrogens (tertiary/aromatic N) is 2. The summed E-state index contributed by atoms with van der Waals surface area (Å²) in [7, 11) is 0. The highest BCUT2D eigenvalue weighted by Gasteiger charge is 2.36. The van der Waals surface area contributed by atoms with E-state index in [1.807, 2.05) is 18.7 Å². The summed E-state index contributed by atoms with van der Waals surface area (Å²) in [6.07, 6.45) is 5.79. The number of carboxylic acids is 1. The lowest BCUT2D eigenvalue weighted by Gasteiger charge is -2.38. The number of amides is 1. The molecule has 1 N–H and O–H groups in total. The van der Waals surface area contributed by atoms with Gasteiger partial charge in [-0.15, -0.1) is 0 Å². The molecule has 1 aliphatic rings. The molecule has 0 radical (unpaired) electrons. The van der Waals surface area contributed by atoms with Crippen LogP contribution >= 0.6 is 0 Å². The first-order valence-electron chi connectivity index (χ1n) is 8.12. The Bertz CT molecular complexity index is 363. The van der Waals surface area contributed by atoms with Gasteiger partial charge in [0.2, 0.25) is 5.91 Å². The molecule has 0 saturated heterocycles. The molecule has 1 rings (SSSR count). The van der Waals surface area contributed by atoms with Crippen molar-refractivity contribution in [3.8, 4) is 0 Å². The summed E-state index contributed by atoms with van der Waals surface area (Å²) < 4.78 is 0. The van der Waals surface area contributed by atoms with Gasteiger partial charge >= 0.3 is 5.97 Å². The van der Waals surface area contributed by atoms with Crippen molar-refractivity contribution < 1.29 is 14.7 Å². The predicted octanol–water partition coefficient (Wildman–Crippen LogP) is 2.35. The van der Waals surface area contributed by atoms with E-state index in [4.69, 9.17) is 0 Å². The second-order valence-corrected chi connectivity index (χ2v) is 6.35. The maximum absolute atomic E-state index is 12.6.